The molecular formula is C48H93NO5. The third-order valence-corrected chi connectivity index (χ3v) is 11.1. The van der Waals surface area contributed by atoms with Crippen LogP contribution in [0.5, 0.6) is 0 Å². The van der Waals surface area contributed by atoms with Gasteiger partial charge in [0.05, 0.1) is 25.2 Å². The van der Waals surface area contributed by atoms with E-state index in [1.54, 1.807) is 0 Å². The lowest BCUT2D eigenvalue weighted by atomic mass is 10.0. The maximum absolute atomic E-state index is 13.1. The molecule has 1 amide bonds. The van der Waals surface area contributed by atoms with E-state index in [1.165, 1.54) is 167 Å². The summed E-state index contributed by atoms with van der Waals surface area (Å²) >= 11 is 0. The molecule has 3 atom stereocenters. The standard InChI is InChI=1S/C48H93NO5/c1-4-7-10-13-16-19-20-21-22-23-24-25-26-29-32-35-38-41-48(53)54-44(39-36-33-30-27-17-14-11-8-5-2)42-47(52)49-45(43-50)46(51)40-37-34-31-28-18-15-12-9-6-3/h21-22,44-46,50-51H,4-20,23-43H2,1-3H3,(H,49,52)/b22-21+. The Hall–Kier alpha value is -1.40. The second-order valence-corrected chi connectivity index (χ2v) is 16.5. The van der Waals surface area contributed by atoms with Crippen molar-refractivity contribution in [2.75, 3.05) is 6.61 Å². The molecule has 0 spiro atoms. The van der Waals surface area contributed by atoms with Gasteiger partial charge in [-0.2, -0.15) is 0 Å². The first-order valence-electron chi connectivity index (χ1n) is 23.9. The zero-order chi connectivity index (χ0) is 39.6. The summed E-state index contributed by atoms with van der Waals surface area (Å²) in [4.78, 5) is 26.0. The van der Waals surface area contributed by atoms with Crippen molar-refractivity contribution >= 4 is 11.9 Å². The Morgan fingerprint density at radius 2 is 0.889 bits per heavy atom. The minimum absolute atomic E-state index is 0.0816. The zero-order valence-corrected chi connectivity index (χ0v) is 36.4. The van der Waals surface area contributed by atoms with Crippen LogP contribution in [-0.4, -0.2) is 46.9 Å². The Kier molecular flexibility index (Phi) is 41.6. The number of rotatable bonds is 43. The number of aliphatic hydroxyl groups is 2. The fourth-order valence-corrected chi connectivity index (χ4v) is 7.43. The van der Waals surface area contributed by atoms with E-state index < -0.39 is 18.2 Å². The lowest BCUT2D eigenvalue weighted by molar-refractivity contribution is -0.151. The minimum atomic E-state index is -0.779. The van der Waals surface area contributed by atoms with Crippen molar-refractivity contribution in [3.05, 3.63) is 12.2 Å². The molecule has 0 aromatic carbocycles. The number of allylic oxidation sites excluding steroid dienone is 2. The van der Waals surface area contributed by atoms with Crippen molar-refractivity contribution in [1.82, 2.24) is 5.32 Å². The van der Waals surface area contributed by atoms with Gasteiger partial charge in [0.1, 0.15) is 6.10 Å². The van der Waals surface area contributed by atoms with Crippen molar-refractivity contribution in [2.45, 2.75) is 277 Å². The molecule has 6 heteroatoms. The lowest BCUT2D eigenvalue weighted by Crippen LogP contribution is -2.46. The van der Waals surface area contributed by atoms with E-state index >= 15 is 0 Å². The molecule has 0 aliphatic rings. The highest BCUT2D eigenvalue weighted by Crippen LogP contribution is 2.18. The molecule has 0 aliphatic carbocycles. The molecule has 3 unspecified atom stereocenters. The van der Waals surface area contributed by atoms with Gasteiger partial charge in [-0.25, -0.2) is 0 Å². The van der Waals surface area contributed by atoms with E-state index in [-0.39, 0.29) is 24.9 Å². The number of hydrogen-bond donors (Lipinski definition) is 3. The van der Waals surface area contributed by atoms with E-state index in [0.717, 1.165) is 44.9 Å². The molecule has 6 nitrogen and oxygen atoms in total. The van der Waals surface area contributed by atoms with Crippen molar-refractivity contribution in [1.29, 1.82) is 0 Å². The van der Waals surface area contributed by atoms with Gasteiger partial charge >= 0.3 is 5.97 Å². The lowest BCUT2D eigenvalue weighted by Gasteiger charge is -2.24. The molecule has 0 aromatic rings. The maximum Gasteiger partial charge on any atom is 0.306 e. The Morgan fingerprint density at radius 1 is 0.519 bits per heavy atom. The average molecular weight is 764 g/mol. The van der Waals surface area contributed by atoms with Crippen LogP contribution in [0.3, 0.4) is 0 Å². The molecule has 0 saturated heterocycles. The molecule has 0 bridgehead atoms. The summed E-state index contributed by atoms with van der Waals surface area (Å²) in [5, 5.41) is 23.6. The maximum atomic E-state index is 13.1. The summed E-state index contributed by atoms with van der Waals surface area (Å²) in [6.45, 7) is 6.45. The van der Waals surface area contributed by atoms with Gasteiger partial charge in [0.2, 0.25) is 5.91 Å². The highest BCUT2D eigenvalue weighted by molar-refractivity contribution is 5.77. The summed E-state index contributed by atoms with van der Waals surface area (Å²) in [6, 6.07) is -0.693. The predicted octanol–water partition coefficient (Wildman–Crippen LogP) is 13.8. The molecule has 0 rings (SSSR count). The SMILES string of the molecule is CCCCCCCC/C=C/CCCCCCCCCC(=O)OC(CCCCCCCCCCC)CC(=O)NC(CO)C(O)CCCCCCCCCCC. The number of hydrogen-bond acceptors (Lipinski definition) is 5. The third kappa shape index (κ3) is 37.5. The number of amides is 1. The molecular weight excluding hydrogens is 671 g/mol. The van der Waals surface area contributed by atoms with Crippen LogP contribution >= 0.6 is 0 Å². The quantitative estimate of drug-likeness (QED) is 0.0326. The molecule has 0 aromatic heterocycles. The largest absolute Gasteiger partial charge is 0.462 e. The number of esters is 1. The van der Waals surface area contributed by atoms with Gasteiger partial charge in [-0.3, -0.25) is 9.59 Å². The van der Waals surface area contributed by atoms with Crippen molar-refractivity contribution in [3.63, 3.8) is 0 Å². The van der Waals surface area contributed by atoms with Crippen LogP contribution in [-0.2, 0) is 14.3 Å². The molecule has 3 N–H and O–H groups in total. The van der Waals surface area contributed by atoms with Gasteiger partial charge in [-0.05, 0) is 51.4 Å². The highest BCUT2D eigenvalue weighted by Gasteiger charge is 2.24. The number of ether oxygens (including phenoxy) is 1. The molecule has 0 heterocycles. The van der Waals surface area contributed by atoms with Gasteiger partial charge in [-0.15, -0.1) is 0 Å². The number of carbonyl (C=O) groups is 2. The van der Waals surface area contributed by atoms with E-state index in [9.17, 15) is 19.8 Å². The van der Waals surface area contributed by atoms with E-state index in [1.807, 2.05) is 0 Å². The van der Waals surface area contributed by atoms with Crippen molar-refractivity contribution in [2.24, 2.45) is 0 Å². The second-order valence-electron chi connectivity index (χ2n) is 16.5. The van der Waals surface area contributed by atoms with Crippen LogP contribution < -0.4 is 5.32 Å². The first kappa shape index (κ1) is 52.6. The van der Waals surface area contributed by atoms with Gasteiger partial charge in [0, 0.05) is 6.42 Å². The third-order valence-electron chi connectivity index (χ3n) is 11.1. The number of aliphatic hydroxyl groups excluding tert-OH is 2. The Morgan fingerprint density at radius 3 is 1.31 bits per heavy atom. The number of nitrogens with one attached hydrogen (secondary N) is 1. The van der Waals surface area contributed by atoms with Crippen LogP contribution in [0.2, 0.25) is 0 Å². The van der Waals surface area contributed by atoms with Crippen molar-refractivity contribution in [3.8, 4) is 0 Å². The van der Waals surface area contributed by atoms with Crippen LogP contribution in [0, 0.1) is 0 Å². The fraction of sp³-hybridized carbons (Fsp3) is 0.917. The zero-order valence-electron chi connectivity index (χ0n) is 36.4. The van der Waals surface area contributed by atoms with Crippen LogP contribution in [0.4, 0.5) is 0 Å². The summed E-state index contributed by atoms with van der Waals surface area (Å²) < 4.78 is 5.90. The first-order chi connectivity index (χ1) is 26.5. The van der Waals surface area contributed by atoms with Crippen LogP contribution in [0.15, 0.2) is 12.2 Å². The minimum Gasteiger partial charge on any atom is -0.462 e. The smallest absolute Gasteiger partial charge is 0.306 e. The Labute approximate surface area is 336 Å². The van der Waals surface area contributed by atoms with E-state index in [2.05, 4.69) is 38.2 Å². The van der Waals surface area contributed by atoms with Crippen LogP contribution in [0.25, 0.3) is 0 Å². The predicted molar refractivity (Wildman–Crippen MR) is 232 cm³/mol. The summed E-state index contributed by atoms with van der Waals surface area (Å²) in [6.07, 6.45) is 45.6. The van der Waals surface area contributed by atoms with Gasteiger partial charge < -0.3 is 20.3 Å². The molecule has 0 aliphatic heterocycles. The average Bonchev–Trinajstić information content (AvgIpc) is 3.16. The van der Waals surface area contributed by atoms with Crippen molar-refractivity contribution < 1.29 is 24.5 Å². The topological polar surface area (TPSA) is 95.9 Å². The Balaban J connectivity index is 4.44. The highest BCUT2D eigenvalue weighted by atomic mass is 16.5. The van der Waals surface area contributed by atoms with Crippen LogP contribution in [0.1, 0.15) is 258 Å². The normalized spacial score (nSPS) is 13.4. The molecule has 54 heavy (non-hydrogen) atoms. The van der Waals surface area contributed by atoms with Gasteiger partial charge in [-0.1, -0.05) is 206 Å². The van der Waals surface area contributed by atoms with E-state index in [4.69, 9.17) is 4.74 Å². The summed E-state index contributed by atoms with van der Waals surface area (Å²) in [5.74, 6) is -0.470. The molecule has 0 saturated carbocycles. The van der Waals surface area contributed by atoms with Gasteiger partial charge in [0.25, 0.3) is 0 Å². The number of unbranched alkanes of at least 4 members (excludes halogenated alkanes) is 29. The molecule has 0 radical (unpaired) electrons. The molecule has 0 fully saturated rings. The summed E-state index contributed by atoms with van der Waals surface area (Å²) in [7, 11) is 0. The van der Waals surface area contributed by atoms with Gasteiger partial charge in [0.15, 0.2) is 0 Å². The number of carbonyl (C=O) groups excluding carboxylic acids is 2. The fourth-order valence-electron chi connectivity index (χ4n) is 7.43. The first-order valence-corrected chi connectivity index (χ1v) is 23.9. The summed E-state index contributed by atoms with van der Waals surface area (Å²) in [5.41, 5.74) is 0. The van der Waals surface area contributed by atoms with E-state index in [0.29, 0.717) is 19.3 Å². The molecule has 320 valence electrons. The second kappa shape index (κ2) is 42.7. The Bertz CT molecular complexity index is 817. The monoisotopic (exact) mass is 764 g/mol.